The van der Waals surface area contributed by atoms with Crippen molar-refractivity contribution in [2.45, 2.75) is 64.0 Å². The lowest BCUT2D eigenvalue weighted by Gasteiger charge is -2.44. The summed E-state index contributed by atoms with van der Waals surface area (Å²) < 4.78 is 0. The standard InChI is InChI=1S/C16H24N2S2/c1-15(2)8-16(10-19-9-15,18-11-6-7-11)14-17-12-4-3-5-13(12)20-14/h11,18H,3-10H2,1-2H3. The SMILES string of the molecule is CC1(C)CSCC(NC2CC2)(c2nc3c(s2)CCC3)C1. The topological polar surface area (TPSA) is 24.9 Å². The summed E-state index contributed by atoms with van der Waals surface area (Å²) in [5.41, 5.74) is 1.99. The molecule has 1 N–H and O–H groups in total. The van der Waals surface area contributed by atoms with Crippen molar-refractivity contribution in [3.63, 3.8) is 0 Å². The van der Waals surface area contributed by atoms with Crippen LogP contribution in [0.2, 0.25) is 0 Å². The molecule has 3 aliphatic rings. The highest BCUT2D eigenvalue weighted by atomic mass is 32.2. The molecule has 1 aromatic rings. The van der Waals surface area contributed by atoms with Crippen molar-refractivity contribution in [1.82, 2.24) is 10.3 Å². The molecule has 1 saturated heterocycles. The van der Waals surface area contributed by atoms with Crippen LogP contribution in [0, 0.1) is 5.41 Å². The lowest BCUT2D eigenvalue weighted by Crippen LogP contribution is -2.51. The Bertz CT molecular complexity index is 497. The highest BCUT2D eigenvalue weighted by Gasteiger charge is 2.46. The molecule has 4 heteroatoms. The van der Waals surface area contributed by atoms with Crippen molar-refractivity contribution in [1.29, 1.82) is 0 Å². The van der Waals surface area contributed by atoms with E-state index in [1.807, 2.05) is 11.3 Å². The van der Waals surface area contributed by atoms with E-state index >= 15 is 0 Å². The number of nitrogens with one attached hydrogen (secondary N) is 1. The number of aryl methyl sites for hydroxylation is 2. The number of nitrogens with zero attached hydrogens (tertiary/aromatic N) is 1. The zero-order valence-electron chi connectivity index (χ0n) is 12.5. The number of fused-ring (bicyclic) bond motifs is 1. The fourth-order valence-corrected chi connectivity index (χ4v) is 6.54. The van der Waals surface area contributed by atoms with E-state index in [0.717, 1.165) is 6.04 Å². The quantitative estimate of drug-likeness (QED) is 0.921. The van der Waals surface area contributed by atoms with Crippen LogP contribution in [0.1, 0.15) is 55.1 Å². The third-order valence-corrected chi connectivity index (χ3v) is 7.73. The van der Waals surface area contributed by atoms with Crippen LogP contribution in [0.4, 0.5) is 0 Å². The van der Waals surface area contributed by atoms with Gasteiger partial charge in [-0.2, -0.15) is 11.8 Å². The summed E-state index contributed by atoms with van der Waals surface area (Å²) >= 11 is 4.13. The average Bonchev–Trinajstić information content (AvgIpc) is 2.90. The van der Waals surface area contributed by atoms with Gasteiger partial charge >= 0.3 is 0 Å². The Balaban J connectivity index is 1.69. The van der Waals surface area contributed by atoms with Crippen LogP contribution in [0.25, 0.3) is 0 Å². The van der Waals surface area contributed by atoms with Gasteiger partial charge in [-0.25, -0.2) is 4.98 Å². The Morgan fingerprint density at radius 1 is 1.20 bits per heavy atom. The normalized spacial score (nSPS) is 32.3. The Hall–Kier alpha value is -0.0600. The maximum atomic E-state index is 5.08. The van der Waals surface area contributed by atoms with E-state index < -0.39 is 0 Å². The van der Waals surface area contributed by atoms with Gasteiger partial charge in [-0.1, -0.05) is 13.8 Å². The summed E-state index contributed by atoms with van der Waals surface area (Å²) in [6.45, 7) is 4.84. The van der Waals surface area contributed by atoms with Crippen molar-refractivity contribution in [2.75, 3.05) is 11.5 Å². The monoisotopic (exact) mass is 308 g/mol. The van der Waals surface area contributed by atoms with Gasteiger partial charge in [0.1, 0.15) is 5.01 Å². The first-order valence-corrected chi connectivity index (χ1v) is 9.88. The highest BCUT2D eigenvalue weighted by Crippen LogP contribution is 2.48. The third kappa shape index (κ3) is 2.44. The molecule has 0 radical (unpaired) electrons. The van der Waals surface area contributed by atoms with Crippen LogP contribution < -0.4 is 5.32 Å². The van der Waals surface area contributed by atoms with Gasteiger partial charge < -0.3 is 5.32 Å². The highest BCUT2D eigenvalue weighted by molar-refractivity contribution is 7.99. The second-order valence-corrected chi connectivity index (χ2v) is 9.65. The van der Waals surface area contributed by atoms with Gasteiger partial charge in [-0.3, -0.25) is 0 Å². The molecule has 0 aromatic carbocycles. The summed E-state index contributed by atoms with van der Waals surface area (Å²) in [5.74, 6) is 2.49. The minimum atomic E-state index is 0.155. The molecule has 2 fully saturated rings. The molecule has 1 atom stereocenters. The van der Waals surface area contributed by atoms with Crippen LogP contribution in [0.5, 0.6) is 0 Å². The van der Waals surface area contributed by atoms with Crippen molar-refractivity contribution >= 4 is 23.1 Å². The lowest BCUT2D eigenvalue weighted by atomic mass is 9.80. The molecule has 2 aliphatic carbocycles. The molecule has 1 aromatic heterocycles. The second-order valence-electron chi connectivity index (χ2n) is 7.58. The first kappa shape index (κ1) is 13.6. The van der Waals surface area contributed by atoms with Crippen LogP contribution in [0.3, 0.4) is 0 Å². The number of thioether (sulfide) groups is 1. The summed E-state index contributed by atoms with van der Waals surface area (Å²) in [7, 11) is 0. The van der Waals surface area contributed by atoms with E-state index in [-0.39, 0.29) is 5.54 Å². The first-order chi connectivity index (χ1) is 9.56. The van der Waals surface area contributed by atoms with E-state index in [1.165, 1.54) is 60.7 Å². The Labute approximate surface area is 130 Å². The van der Waals surface area contributed by atoms with E-state index in [0.29, 0.717) is 5.41 Å². The van der Waals surface area contributed by atoms with Crippen LogP contribution in [-0.2, 0) is 18.4 Å². The van der Waals surface area contributed by atoms with Gasteiger partial charge in [0, 0.05) is 16.7 Å². The summed E-state index contributed by atoms with van der Waals surface area (Å²) in [6, 6.07) is 0.753. The molecular weight excluding hydrogens is 284 g/mol. The molecule has 0 amide bonds. The molecular formula is C16H24N2S2. The van der Waals surface area contributed by atoms with Crippen molar-refractivity contribution in [3.05, 3.63) is 15.6 Å². The molecule has 1 saturated carbocycles. The van der Waals surface area contributed by atoms with Gasteiger partial charge in [-0.15, -0.1) is 11.3 Å². The summed E-state index contributed by atoms with van der Waals surface area (Å²) in [5, 5.41) is 5.39. The van der Waals surface area contributed by atoms with Crippen molar-refractivity contribution < 1.29 is 0 Å². The Kier molecular flexibility index (Phi) is 3.21. The molecule has 0 bridgehead atoms. The fourth-order valence-electron chi connectivity index (χ4n) is 3.73. The van der Waals surface area contributed by atoms with Gasteiger partial charge in [-0.05, 0) is 49.7 Å². The predicted octanol–water partition coefficient (Wildman–Crippen LogP) is 3.74. The molecule has 20 heavy (non-hydrogen) atoms. The van der Waals surface area contributed by atoms with Crippen molar-refractivity contribution in [3.8, 4) is 0 Å². The van der Waals surface area contributed by atoms with E-state index in [4.69, 9.17) is 4.98 Å². The average molecular weight is 309 g/mol. The molecule has 2 nitrogen and oxygen atoms in total. The molecule has 4 rings (SSSR count). The van der Waals surface area contributed by atoms with Crippen LogP contribution >= 0.6 is 23.1 Å². The maximum absolute atomic E-state index is 5.08. The van der Waals surface area contributed by atoms with Gasteiger partial charge in [0.25, 0.3) is 0 Å². The number of hydrogen-bond acceptors (Lipinski definition) is 4. The predicted molar refractivity (Wildman–Crippen MR) is 87.7 cm³/mol. The lowest BCUT2D eigenvalue weighted by molar-refractivity contribution is 0.221. The second kappa shape index (κ2) is 4.72. The molecule has 110 valence electrons. The molecule has 1 aliphatic heterocycles. The fraction of sp³-hybridized carbons (Fsp3) is 0.812. The van der Waals surface area contributed by atoms with Crippen LogP contribution in [0.15, 0.2) is 0 Å². The number of hydrogen-bond donors (Lipinski definition) is 1. The number of aromatic nitrogens is 1. The molecule has 0 spiro atoms. The number of thiazole rings is 1. The van der Waals surface area contributed by atoms with E-state index in [2.05, 4.69) is 30.9 Å². The van der Waals surface area contributed by atoms with Gasteiger partial charge in [0.15, 0.2) is 0 Å². The summed E-state index contributed by atoms with van der Waals surface area (Å²) in [6.07, 6.45) is 7.76. The third-order valence-electron chi connectivity index (χ3n) is 4.68. The molecule has 1 unspecified atom stereocenters. The van der Waals surface area contributed by atoms with E-state index in [9.17, 15) is 0 Å². The Morgan fingerprint density at radius 2 is 2.05 bits per heavy atom. The zero-order chi connectivity index (χ0) is 13.8. The first-order valence-electron chi connectivity index (χ1n) is 7.91. The summed E-state index contributed by atoms with van der Waals surface area (Å²) in [4.78, 5) is 6.65. The minimum absolute atomic E-state index is 0.155. The minimum Gasteiger partial charge on any atom is -0.302 e. The van der Waals surface area contributed by atoms with Crippen LogP contribution in [-0.4, -0.2) is 22.5 Å². The maximum Gasteiger partial charge on any atom is 0.114 e. The van der Waals surface area contributed by atoms with Gasteiger partial charge in [0.2, 0.25) is 0 Å². The Morgan fingerprint density at radius 3 is 2.75 bits per heavy atom. The number of rotatable bonds is 3. The van der Waals surface area contributed by atoms with E-state index in [1.54, 1.807) is 4.88 Å². The largest absolute Gasteiger partial charge is 0.302 e. The zero-order valence-corrected chi connectivity index (χ0v) is 14.1. The van der Waals surface area contributed by atoms with Crippen molar-refractivity contribution in [2.24, 2.45) is 5.41 Å². The molecule has 2 heterocycles. The van der Waals surface area contributed by atoms with Gasteiger partial charge in [0.05, 0.1) is 11.2 Å². The smallest absolute Gasteiger partial charge is 0.114 e.